The van der Waals surface area contributed by atoms with Crippen molar-refractivity contribution in [3.05, 3.63) is 0 Å². The van der Waals surface area contributed by atoms with Gasteiger partial charge >= 0.3 is 14.5 Å². The number of hydrogen-bond donors (Lipinski definition) is 0. The molecule has 5 heteroatoms. The first-order valence-corrected chi connectivity index (χ1v) is 8.52. The fourth-order valence-electron chi connectivity index (χ4n) is 1.78. The van der Waals surface area contributed by atoms with Crippen molar-refractivity contribution in [3.63, 3.8) is 0 Å². The second-order valence-electron chi connectivity index (χ2n) is 5.18. The van der Waals surface area contributed by atoms with Crippen LogP contribution in [0.5, 0.6) is 0 Å². The van der Waals surface area contributed by atoms with E-state index in [0.29, 0.717) is 11.8 Å². The van der Waals surface area contributed by atoms with E-state index in [1.165, 1.54) is 0 Å². The van der Waals surface area contributed by atoms with Crippen molar-refractivity contribution < 1.29 is 17.3 Å². The van der Waals surface area contributed by atoms with Crippen LogP contribution in [0.1, 0.15) is 34.6 Å². The van der Waals surface area contributed by atoms with Gasteiger partial charge in [0.25, 0.3) is 6.43 Å². The largest absolute Gasteiger partial charge is 0.473 e. The van der Waals surface area contributed by atoms with Crippen LogP contribution in [-0.4, -0.2) is 33.8 Å². The predicted octanol–water partition coefficient (Wildman–Crippen LogP) is 3.93. The minimum Gasteiger partial charge on any atom is -0.473 e. The standard InChI is InChI=1S/C4H7F2O2.2C4H9.Al/c1-2-8-4(7)3(5)6;2*1-4(2)3;/h3-4H,2H2,1H3;2*4H,1H2,2-3H3;/q-1;;;+1. The van der Waals surface area contributed by atoms with E-state index >= 15 is 0 Å². The Labute approximate surface area is 108 Å². The molecule has 0 rings (SSSR count). The first-order chi connectivity index (χ1) is 7.86. The molecule has 0 aliphatic rings. The van der Waals surface area contributed by atoms with E-state index in [1.807, 2.05) is 0 Å². The lowest BCUT2D eigenvalue weighted by molar-refractivity contribution is -0.159. The highest BCUT2D eigenvalue weighted by Crippen LogP contribution is 2.19. The maximum absolute atomic E-state index is 12.7. The molecule has 1 unspecified atom stereocenters. The van der Waals surface area contributed by atoms with Crippen molar-refractivity contribution in [2.24, 2.45) is 11.8 Å². The van der Waals surface area contributed by atoms with E-state index in [4.69, 9.17) is 8.53 Å². The monoisotopic (exact) mass is 266 g/mol. The maximum atomic E-state index is 12.7. The minimum absolute atomic E-state index is 0.263. The molecule has 0 spiro atoms. The average molecular weight is 266 g/mol. The molecule has 0 saturated carbocycles. The third-order valence-corrected chi connectivity index (χ3v) is 5.92. The van der Waals surface area contributed by atoms with Gasteiger partial charge in [-0.3, -0.25) is 0 Å². The van der Waals surface area contributed by atoms with E-state index in [2.05, 4.69) is 27.7 Å². The van der Waals surface area contributed by atoms with Crippen LogP contribution >= 0.6 is 0 Å². The number of halogens is 2. The Hall–Kier alpha value is 0.312. The first-order valence-electron chi connectivity index (χ1n) is 6.42. The van der Waals surface area contributed by atoms with E-state index in [1.54, 1.807) is 6.92 Å². The molecule has 0 aliphatic carbocycles. The first kappa shape index (κ1) is 17.3. The molecule has 0 aromatic rings. The topological polar surface area (TPSA) is 18.5 Å². The summed E-state index contributed by atoms with van der Waals surface area (Å²) in [4.78, 5) is 0. The molecular formula is C12H25AlF2O2. The summed E-state index contributed by atoms with van der Waals surface area (Å²) in [6.45, 7) is 10.4. The Morgan fingerprint density at radius 1 is 1.00 bits per heavy atom. The van der Waals surface area contributed by atoms with Gasteiger partial charge in [-0.25, -0.2) is 8.78 Å². The van der Waals surface area contributed by atoms with Crippen LogP contribution in [0.4, 0.5) is 8.78 Å². The SMILES string of the molecule is CCOC([O][Al]([CH2]C(C)C)[CH2]C(C)C)C(F)F. The van der Waals surface area contributed by atoms with Gasteiger partial charge in [0.05, 0.1) is 0 Å². The maximum Gasteiger partial charge on any atom is 0.463 e. The highest BCUT2D eigenvalue weighted by molar-refractivity contribution is 6.52. The fraction of sp³-hybridized carbons (Fsp3) is 1.00. The van der Waals surface area contributed by atoms with Crippen LogP contribution in [0.25, 0.3) is 0 Å². The van der Waals surface area contributed by atoms with Gasteiger partial charge in [0.15, 0.2) is 6.29 Å². The quantitative estimate of drug-likeness (QED) is 0.465. The van der Waals surface area contributed by atoms with E-state index < -0.39 is 27.2 Å². The van der Waals surface area contributed by atoms with Crippen LogP contribution in [0.2, 0.25) is 10.6 Å². The van der Waals surface area contributed by atoms with Crippen LogP contribution < -0.4 is 0 Å². The lowest BCUT2D eigenvalue weighted by atomic mass is 10.3. The second-order valence-corrected chi connectivity index (χ2v) is 7.63. The summed E-state index contributed by atoms with van der Waals surface area (Å²) < 4.78 is 35.9. The van der Waals surface area contributed by atoms with Gasteiger partial charge in [0.2, 0.25) is 0 Å². The third kappa shape index (κ3) is 8.96. The highest BCUT2D eigenvalue weighted by atomic mass is 27.2. The molecule has 0 amide bonds. The number of alkyl halides is 2. The van der Waals surface area contributed by atoms with Gasteiger partial charge in [0, 0.05) is 6.61 Å². The lowest BCUT2D eigenvalue weighted by Gasteiger charge is -2.24. The molecule has 0 radical (unpaired) electrons. The molecule has 17 heavy (non-hydrogen) atoms. The number of rotatable bonds is 9. The molecule has 0 saturated heterocycles. The highest BCUT2D eigenvalue weighted by Gasteiger charge is 2.31. The summed E-state index contributed by atoms with van der Waals surface area (Å²) in [6.07, 6.45) is -3.88. The van der Waals surface area contributed by atoms with Gasteiger partial charge in [-0.15, -0.1) is 0 Å². The smallest absolute Gasteiger partial charge is 0.463 e. The molecule has 0 aromatic heterocycles. The van der Waals surface area contributed by atoms with Crippen LogP contribution in [-0.2, 0) is 8.53 Å². The van der Waals surface area contributed by atoms with Crippen LogP contribution in [0.3, 0.4) is 0 Å². The van der Waals surface area contributed by atoms with Gasteiger partial charge in [0.1, 0.15) is 0 Å². The lowest BCUT2D eigenvalue weighted by Crippen LogP contribution is -2.34. The van der Waals surface area contributed by atoms with Gasteiger partial charge in [-0.1, -0.05) is 50.1 Å². The molecule has 0 N–H and O–H groups in total. The number of hydrogen-bond acceptors (Lipinski definition) is 2. The molecule has 0 heterocycles. The Morgan fingerprint density at radius 3 is 1.76 bits per heavy atom. The summed E-state index contributed by atoms with van der Waals surface area (Å²) in [5.74, 6) is 0.982. The zero-order valence-corrected chi connectivity index (χ0v) is 12.7. The molecule has 0 aliphatic heterocycles. The van der Waals surface area contributed by atoms with Crippen molar-refractivity contribution >= 4 is 14.5 Å². The summed E-state index contributed by atoms with van der Waals surface area (Å²) in [5, 5.41) is 1.85. The van der Waals surface area contributed by atoms with Crippen LogP contribution in [0.15, 0.2) is 0 Å². The molecular weight excluding hydrogens is 241 g/mol. The van der Waals surface area contributed by atoms with Gasteiger partial charge in [-0.05, 0) is 6.92 Å². The Balaban J connectivity index is 4.35. The van der Waals surface area contributed by atoms with Crippen molar-refractivity contribution in [1.82, 2.24) is 0 Å². The summed E-state index contributed by atoms with van der Waals surface area (Å²) in [7, 11) is 0. The zero-order valence-electron chi connectivity index (χ0n) is 11.6. The summed E-state index contributed by atoms with van der Waals surface area (Å²) in [5.41, 5.74) is 0. The number of ether oxygens (including phenoxy) is 1. The minimum atomic E-state index is -2.55. The van der Waals surface area contributed by atoms with E-state index in [0.717, 1.165) is 10.6 Å². The Kier molecular flexibility index (Phi) is 9.44. The zero-order chi connectivity index (χ0) is 13.4. The predicted molar refractivity (Wildman–Crippen MR) is 67.5 cm³/mol. The molecule has 0 aromatic carbocycles. The normalized spacial score (nSPS) is 13.8. The average Bonchev–Trinajstić information content (AvgIpc) is 2.14. The van der Waals surface area contributed by atoms with E-state index in [9.17, 15) is 8.78 Å². The van der Waals surface area contributed by atoms with E-state index in [-0.39, 0.29) is 6.61 Å². The molecule has 1 atom stereocenters. The third-order valence-electron chi connectivity index (χ3n) is 2.33. The Bertz CT molecular complexity index is 179. The Morgan fingerprint density at radius 2 is 1.47 bits per heavy atom. The van der Waals surface area contributed by atoms with Crippen molar-refractivity contribution in [3.8, 4) is 0 Å². The molecule has 0 fully saturated rings. The summed E-state index contributed by atoms with van der Waals surface area (Å²) >= 11 is -1.60. The van der Waals surface area contributed by atoms with Crippen LogP contribution in [0, 0.1) is 11.8 Å². The second kappa shape index (κ2) is 9.27. The fourth-order valence-corrected chi connectivity index (χ4v) is 4.88. The van der Waals surface area contributed by atoms with Crippen molar-refractivity contribution in [1.29, 1.82) is 0 Å². The van der Waals surface area contributed by atoms with Gasteiger partial charge in [-0.2, -0.15) is 0 Å². The molecule has 0 bridgehead atoms. The van der Waals surface area contributed by atoms with Gasteiger partial charge < -0.3 is 8.53 Å². The van der Waals surface area contributed by atoms with Crippen molar-refractivity contribution in [2.45, 2.75) is 57.9 Å². The molecule has 2 nitrogen and oxygen atoms in total. The van der Waals surface area contributed by atoms with Crippen molar-refractivity contribution in [2.75, 3.05) is 6.61 Å². The molecule has 102 valence electrons. The summed E-state index contributed by atoms with van der Waals surface area (Å²) in [6, 6.07) is 0.